The van der Waals surface area contributed by atoms with Gasteiger partial charge in [-0.2, -0.15) is 5.26 Å². The lowest BCUT2D eigenvalue weighted by Gasteiger charge is -2.32. The topological polar surface area (TPSA) is 27.0 Å². The lowest BCUT2D eigenvalue weighted by molar-refractivity contribution is 0.647. The Bertz CT molecular complexity index is 584. The maximum atomic E-state index is 9.17. The van der Waals surface area contributed by atoms with Crippen LogP contribution in [0.2, 0.25) is 0 Å². The van der Waals surface area contributed by atoms with E-state index in [0.717, 1.165) is 6.54 Å². The maximum Gasteiger partial charge on any atom is 0.0672 e. The highest BCUT2D eigenvalue weighted by atomic mass is 15.2. The molecule has 0 spiro atoms. The zero-order valence-corrected chi connectivity index (χ0v) is 12.1. The van der Waals surface area contributed by atoms with E-state index in [1.165, 1.54) is 16.8 Å². The molecule has 0 heterocycles. The first-order valence-electron chi connectivity index (χ1n) is 7.01. The number of nitrogens with zero attached hydrogens (tertiary/aromatic N) is 2. The molecule has 2 heteroatoms. The standard InChI is InChI=1S/C18H20N2/c1-3-20(17-11-7-8-15(2)14-17)18(12-13-19)16-9-5-4-6-10-16/h4-11,14,18H,3,12H2,1-2H3. The van der Waals surface area contributed by atoms with Gasteiger partial charge in [0, 0.05) is 12.2 Å². The van der Waals surface area contributed by atoms with E-state index in [9.17, 15) is 0 Å². The highest BCUT2D eigenvalue weighted by molar-refractivity contribution is 5.51. The highest BCUT2D eigenvalue weighted by Gasteiger charge is 2.19. The number of rotatable bonds is 5. The average Bonchev–Trinajstić information content (AvgIpc) is 2.48. The first kappa shape index (κ1) is 14.1. The monoisotopic (exact) mass is 264 g/mol. The van der Waals surface area contributed by atoms with Crippen molar-refractivity contribution in [3.63, 3.8) is 0 Å². The molecule has 102 valence electrons. The van der Waals surface area contributed by atoms with Crippen LogP contribution in [0.1, 0.15) is 30.5 Å². The molecule has 0 aliphatic heterocycles. The van der Waals surface area contributed by atoms with Crippen LogP contribution < -0.4 is 4.90 Å². The minimum Gasteiger partial charge on any atom is -0.364 e. The average molecular weight is 264 g/mol. The second kappa shape index (κ2) is 6.77. The van der Waals surface area contributed by atoms with Gasteiger partial charge >= 0.3 is 0 Å². The Morgan fingerprint density at radius 1 is 1.10 bits per heavy atom. The van der Waals surface area contributed by atoms with E-state index in [-0.39, 0.29) is 6.04 Å². The van der Waals surface area contributed by atoms with Crippen molar-refractivity contribution < 1.29 is 0 Å². The van der Waals surface area contributed by atoms with Crippen LogP contribution in [0.3, 0.4) is 0 Å². The molecule has 0 aliphatic rings. The third kappa shape index (κ3) is 3.19. The minimum atomic E-state index is 0.105. The van der Waals surface area contributed by atoms with E-state index in [4.69, 9.17) is 5.26 Å². The van der Waals surface area contributed by atoms with Gasteiger partial charge in [0.2, 0.25) is 0 Å². The number of hydrogen-bond donors (Lipinski definition) is 0. The molecule has 2 aromatic carbocycles. The number of anilines is 1. The van der Waals surface area contributed by atoms with Crippen molar-refractivity contribution in [3.8, 4) is 6.07 Å². The molecule has 0 radical (unpaired) electrons. The molecule has 1 atom stereocenters. The summed E-state index contributed by atoms with van der Waals surface area (Å²) in [5.74, 6) is 0. The van der Waals surface area contributed by atoms with Crippen LogP contribution in [0, 0.1) is 18.3 Å². The summed E-state index contributed by atoms with van der Waals surface area (Å²) in [5.41, 5.74) is 3.61. The summed E-state index contributed by atoms with van der Waals surface area (Å²) in [7, 11) is 0. The predicted octanol–water partition coefficient (Wildman–Crippen LogP) is 4.48. The molecule has 0 saturated heterocycles. The summed E-state index contributed by atoms with van der Waals surface area (Å²) in [6.45, 7) is 5.11. The van der Waals surface area contributed by atoms with E-state index in [2.05, 4.69) is 61.2 Å². The molecule has 1 unspecified atom stereocenters. The van der Waals surface area contributed by atoms with Crippen LogP contribution in [0.25, 0.3) is 0 Å². The van der Waals surface area contributed by atoms with Crippen molar-refractivity contribution in [1.29, 1.82) is 5.26 Å². The van der Waals surface area contributed by atoms with Gasteiger partial charge in [0.25, 0.3) is 0 Å². The smallest absolute Gasteiger partial charge is 0.0672 e. The molecular formula is C18H20N2. The SMILES string of the molecule is CCN(c1cccc(C)c1)C(CC#N)c1ccccc1. The Hall–Kier alpha value is -2.27. The summed E-state index contributed by atoms with van der Waals surface area (Å²) in [4.78, 5) is 2.30. The third-order valence-electron chi connectivity index (χ3n) is 3.52. The number of aryl methyl sites for hydroxylation is 1. The van der Waals surface area contributed by atoms with Crippen molar-refractivity contribution in [2.45, 2.75) is 26.3 Å². The fraction of sp³-hybridized carbons (Fsp3) is 0.278. The number of nitriles is 1. The van der Waals surface area contributed by atoms with E-state index >= 15 is 0 Å². The zero-order valence-electron chi connectivity index (χ0n) is 12.1. The van der Waals surface area contributed by atoms with Crippen molar-refractivity contribution in [3.05, 3.63) is 65.7 Å². The van der Waals surface area contributed by atoms with Gasteiger partial charge in [-0.15, -0.1) is 0 Å². The summed E-state index contributed by atoms with van der Waals surface area (Å²) in [6.07, 6.45) is 0.492. The Kier molecular flexibility index (Phi) is 4.79. The van der Waals surface area contributed by atoms with Gasteiger partial charge in [-0.1, -0.05) is 42.5 Å². The van der Waals surface area contributed by atoms with Crippen molar-refractivity contribution in [2.24, 2.45) is 0 Å². The molecule has 0 aliphatic carbocycles. The molecule has 0 amide bonds. The first-order chi connectivity index (χ1) is 9.76. The highest BCUT2D eigenvalue weighted by Crippen LogP contribution is 2.29. The van der Waals surface area contributed by atoms with E-state index in [1.807, 2.05) is 18.2 Å². The summed E-state index contributed by atoms with van der Waals surface area (Å²) < 4.78 is 0. The molecule has 2 nitrogen and oxygen atoms in total. The molecule has 0 saturated carbocycles. The van der Waals surface area contributed by atoms with Crippen molar-refractivity contribution >= 4 is 5.69 Å². The Balaban J connectivity index is 2.38. The number of benzene rings is 2. The molecule has 0 N–H and O–H groups in total. The largest absolute Gasteiger partial charge is 0.364 e. The summed E-state index contributed by atoms with van der Waals surface area (Å²) in [5, 5.41) is 9.17. The van der Waals surface area contributed by atoms with Gasteiger partial charge in [0.15, 0.2) is 0 Å². The van der Waals surface area contributed by atoms with Crippen LogP contribution in [0.15, 0.2) is 54.6 Å². The van der Waals surface area contributed by atoms with Gasteiger partial charge in [0.05, 0.1) is 18.5 Å². The van der Waals surface area contributed by atoms with Crippen LogP contribution in [0.4, 0.5) is 5.69 Å². The van der Waals surface area contributed by atoms with E-state index < -0.39 is 0 Å². The second-order valence-corrected chi connectivity index (χ2v) is 4.91. The number of hydrogen-bond acceptors (Lipinski definition) is 2. The molecule has 0 bridgehead atoms. The molecule has 0 fully saturated rings. The quantitative estimate of drug-likeness (QED) is 0.796. The van der Waals surface area contributed by atoms with Gasteiger partial charge in [-0.3, -0.25) is 0 Å². The van der Waals surface area contributed by atoms with Crippen molar-refractivity contribution in [1.82, 2.24) is 0 Å². The molecule has 0 aromatic heterocycles. The summed E-state index contributed by atoms with van der Waals surface area (Å²) in [6, 6.07) is 21.2. The maximum absolute atomic E-state index is 9.17. The Labute approximate surface area is 121 Å². The second-order valence-electron chi connectivity index (χ2n) is 4.91. The molecule has 2 aromatic rings. The van der Waals surface area contributed by atoms with Crippen LogP contribution in [0.5, 0.6) is 0 Å². The van der Waals surface area contributed by atoms with E-state index in [0.29, 0.717) is 6.42 Å². The fourth-order valence-corrected chi connectivity index (χ4v) is 2.56. The fourth-order valence-electron chi connectivity index (χ4n) is 2.56. The van der Waals surface area contributed by atoms with Gasteiger partial charge in [-0.05, 0) is 37.1 Å². The van der Waals surface area contributed by atoms with E-state index in [1.54, 1.807) is 0 Å². The van der Waals surface area contributed by atoms with Crippen molar-refractivity contribution in [2.75, 3.05) is 11.4 Å². The van der Waals surface area contributed by atoms with Crippen LogP contribution >= 0.6 is 0 Å². The lowest BCUT2D eigenvalue weighted by Crippen LogP contribution is -2.28. The minimum absolute atomic E-state index is 0.105. The zero-order chi connectivity index (χ0) is 14.4. The normalized spacial score (nSPS) is 11.7. The van der Waals surface area contributed by atoms with Crippen LogP contribution in [-0.4, -0.2) is 6.54 Å². The Morgan fingerprint density at radius 2 is 1.85 bits per heavy atom. The lowest BCUT2D eigenvalue weighted by atomic mass is 10.0. The molecule has 2 rings (SSSR count). The van der Waals surface area contributed by atoms with Gasteiger partial charge in [0.1, 0.15) is 0 Å². The predicted molar refractivity (Wildman–Crippen MR) is 83.6 cm³/mol. The van der Waals surface area contributed by atoms with Crippen LogP contribution in [-0.2, 0) is 0 Å². The Morgan fingerprint density at radius 3 is 2.45 bits per heavy atom. The molecule has 20 heavy (non-hydrogen) atoms. The van der Waals surface area contributed by atoms with Gasteiger partial charge in [-0.25, -0.2) is 0 Å². The molecular weight excluding hydrogens is 244 g/mol. The third-order valence-corrected chi connectivity index (χ3v) is 3.52. The van der Waals surface area contributed by atoms with Gasteiger partial charge < -0.3 is 4.90 Å². The summed E-state index contributed by atoms with van der Waals surface area (Å²) >= 11 is 0. The first-order valence-corrected chi connectivity index (χ1v) is 7.01.